The van der Waals surface area contributed by atoms with Gasteiger partial charge in [-0.2, -0.15) is 0 Å². The van der Waals surface area contributed by atoms with Crippen LogP contribution >= 0.6 is 0 Å². The molecule has 0 amide bonds. The third-order valence-corrected chi connectivity index (χ3v) is 3.24. The summed E-state index contributed by atoms with van der Waals surface area (Å²) >= 11 is 0. The molecule has 88 valence electrons. The van der Waals surface area contributed by atoms with E-state index in [9.17, 15) is 4.79 Å². The van der Waals surface area contributed by atoms with Crippen LogP contribution in [0.4, 0.5) is 0 Å². The molecule has 1 aromatic heterocycles. The molecule has 3 heteroatoms. The molecule has 16 heavy (non-hydrogen) atoms. The SMILES string of the molecule is CCCC(=O)c1cccn1C1CCNCC1. The highest BCUT2D eigenvalue weighted by atomic mass is 16.1. The van der Waals surface area contributed by atoms with Crippen LogP contribution in [0.1, 0.15) is 49.1 Å². The Morgan fingerprint density at radius 3 is 2.94 bits per heavy atom. The molecule has 1 aliphatic heterocycles. The molecule has 3 nitrogen and oxygen atoms in total. The van der Waals surface area contributed by atoms with Gasteiger partial charge in [0.15, 0.2) is 5.78 Å². The summed E-state index contributed by atoms with van der Waals surface area (Å²) < 4.78 is 2.18. The lowest BCUT2D eigenvalue weighted by molar-refractivity contribution is 0.0969. The summed E-state index contributed by atoms with van der Waals surface area (Å²) in [6.45, 7) is 4.17. The topological polar surface area (TPSA) is 34.0 Å². The van der Waals surface area contributed by atoms with Gasteiger partial charge >= 0.3 is 0 Å². The predicted octanol–water partition coefficient (Wildman–Crippen LogP) is 2.40. The van der Waals surface area contributed by atoms with E-state index >= 15 is 0 Å². The molecule has 0 aromatic carbocycles. The quantitative estimate of drug-likeness (QED) is 0.791. The fraction of sp³-hybridized carbons (Fsp3) is 0.615. The Morgan fingerprint density at radius 1 is 1.50 bits per heavy atom. The van der Waals surface area contributed by atoms with Crippen molar-refractivity contribution in [1.82, 2.24) is 9.88 Å². The van der Waals surface area contributed by atoms with Crippen LogP contribution in [0.3, 0.4) is 0 Å². The minimum absolute atomic E-state index is 0.283. The summed E-state index contributed by atoms with van der Waals surface area (Å²) in [4.78, 5) is 11.9. The van der Waals surface area contributed by atoms with Gasteiger partial charge in [0.25, 0.3) is 0 Å². The van der Waals surface area contributed by atoms with E-state index in [0.29, 0.717) is 12.5 Å². The minimum atomic E-state index is 0.283. The number of piperidine rings is 1. The molecular weight excluding hydrogens is 200 g/mol. The number of Topliss-reactive ketones (excluding diaryl/α,β-unsaturated/α-hetero) is 1. The summed E-state index contributed by atoms with van der Waals surface area (Å²) in [5, 5.41) is 3.35. The number of carbonyl (C=O) groups is 1. The summed E-state index contributed by atoms with van der Waals surface area (Å²) in [5.41, 5.74) is 0.897. The van der Waals surface area contributed by atoms with E-state index < -0.39 is 0 Å². The van der Waals surface area contributed by atoms with Crippen LogP contribution in [0.5, 0.6) is 0 Å². The molecule has 1 N–H and O–H groups in total. The van der Waals surface area contributed by atoms with Gasteiger partial charge in [-0.15, -0.1) is 0 Å². The van der Waals surface area contributed by atoms with Gasteiger partial charge in [0.05, 0.1) is 5.69 Å². The standard InChI is InChI=1S/C13H20N2O/c1-2-4-13(16)12-5-3-10-15(12)11-6-8-14-9-7-11/h3,5,10-11,14H,2,4,6-9H2,1H3. The van der Waals surface area contributed by atoms with Crippen molar-refractivity contribution in [3.05, 3.63) is 24.0 Å². The van der Waals surface area contributed by atoms with E-state index in [2.05, 4.69) is 23.0 Å². The van der Waals surface area contributed by atoms with E-state index in [1.54, 1.807) is 0 Å². The Morgan fingerprint density at radius 2 is 2.25 bits per heavy atom. The van der Waals surface area contributed by atoms with E-state index in [0.717, 1.165) is 38.0 Å². The molecule has 1 saturated heterocycles. The number of rotatable bonds is 4. The first-order valence-electron chi connectivity index (χ1n) is 6.23. The number of ketones is 1. The average molecular weight is 220 g/mol. The maximum absolute atomic E-state index is 11.9. The van der Waals surface area contributed by atoms with Crippen LogP contribution in [0.25, 0.3) is 0 Å². The molecule has 1 aliphatic rings. The Balaban J connectivity index is 2.14. The van der Waals surface area contributed by atoms with Gasteiger partial charge in [-0.1, -0.05) is 6.92 Å². The summed E-state index contributed by atoms with van der Waals surface area (Å²) in [7, 11) is 0. The lowest BCUT2D eigenvalue weighted by atomic mass is 10.1. The maximum atomic E-state index is 11.9. The van der Waals surface area contributed by atoms with Crippen molar-refractivity contribution < 1.29 is 4.79 Å². The van der Waals surface area contributed by atoms with Crippen LogP contribution in [-0.4, -0.2) is 23.4 Å². The van der Waals surface area contributed by atoms with Crippen molar-refractivity contribution in [1.29, 1.82) is 0 Å². The van der Waals surface area contributed by atoms with Gasteiger partial charge in [-0.3, -0.25) is 4.79 Å². The second kappa shape index (κ2) is 5.30. The number of carbonyl (C=O) groups excluding carboxylic acids is 1. The van der Waals surface area contributed by atoms with Crippen molar-refractivity contribution in [2.45, 2.75) is 38.6 Å². The van der Waals surface area contributed by atoms with Crippen molar-refractivity contribution in [3.8, 4) is 0 Å². The lowest BCUT2D eigenvalue weighted by Gasteiger charge is -2.25. The summed E-state index contributed by atoms with van der Waals surface area (Å²) in [6, 6.07) is 4.46. The smallest absolute Gasteiger partial charge is 0.179 e. The number of hydrogen-bond donors (Lipinski definition) is 1. The molecule has 0 atom stereocenters. The number of aromatic nitrogens is 1. The molecule has 0 saturated carbocycles. The van der Waals surface area contributed by atoms with E-state index in [1.807, 2.05) is 12.1 Å². The fourth-order valence-corrected chi connectivity index (χ4v) is 2.39. The van der Waals surface area contributed by atoms with Crippen LogP contribution in [0, 0.1) is 0 Å². The number of nitrogens with zero attached hydrogens (tertiary/aromatic N) is 1. The highest BCUT2D eigenvalue weighted by molar-refractivity contribution is 5.94. The highest BCUT2D eigenvalue weighted by Crippen LogP contribution is 2.22. The van der Waals surface area contributed by atoms with Crippen molar-refractivity contribution in [2.75, 3.05) is 13.1 Å². The molecule has 0 unspecified atom stereocenters. The summed E-state index contributed by atoms with van der Waals surface area (Å²) in [5.74, 6) is 0.283. The largest absolute Gasteiger partial charge is 0.342 e. The third kappa shape index (κ3) is 2.35. The Kier molecular flexibility index (Phi) is 3.78. The first kappa shape index (κ1) is 11.4. The zero-order chi connectivity index (χ0) is 11.4. The predicted molar refractivity (Wildman–Crippen MR) is 64.8 cm³/mol. The maximum Gasteiger partial charge on any atom is 0.179 e. The van der Waals surface area contributed by atoms with Crippen molar-refractivity contribution >= 4 is 5.78 Å². The lowest BCUT2D eigenvalue weighted by Crippen LogP contribution is -2.30. The molecule has 1 fully saturated rings. The third-order valence-electron chi connectivity index (χ3n) is 3.24. The van der Waals surface area contributed by atoms with Gasteiger partial charge < -0.3 is 9.88 Å². The second-order valence-electron chi connectivity index (χ2n) is 4.46. The molecule has 1 aromatic rings. The molecule has 2 rings (SSSR count). The molecule has 0 spiro atoms. The average Bonchev–Trinajstić information content (AvgIpc) is 2.79. The van der Waals surface area contributed by atoms with Gasteiger partial charge in [0.1, 0.15) is 0 Å². The normalized spacial score (nSPS) is 17.6. The van der Waals surface area contributed by atoms with Crippen molar-refractivity contribution in [2.24, 2.45) is 0 Å². The van der Waals surface area contributed by atoms with E-state index in [-0.39, 0.29) is 5.78 Å². The van der Waals surface area contributed by atoms with E-state index in [4.69, 9.17) is 0 Å². The molecule has 0 radical (unpaired) electrons. The zero-order valence-corrected chi connectivity index (χ0v) is 9.91. The first-order chi connectivity index (χ1) is 7.83. The number of hydrogen-bond acceptors (Lipinski definition) is 2. The monoisotopic (exact) mass is 220 g/mol. The Hall–Kier alpha value is -1.09. The summed E-state index contributed by atoms with van der Waals surface area (Å²) in [6.07, 6.45) is 5.90. The van der Waals surface area contributed by atoms with Crippen LogP contribution in [0.2, 0.25) is 0 Å². The van der Waals surface area contributed by atoms with Gasteiger partial charge in [-0.25, -0.2) is 0 Å². The van der Waals surface area contributed by atoms with Crippen LogP contribution in [0.15, 0.2) is 18.3 Å². The minimum Gasteiger partial charge on any atom is -0.342 e. The molecule has 2 heterocycles. The van der Waals surface area contributed by atoms with Gasteiger partial charge in [0, 0.05) is 18.7 Å². The van der Waals surface area contributed by atoms with Gasteiger partial charge in [-0.05, 0) is 44.5 Å². The molecular formula is C13H20N2O. The zero-order valence-electron chi connectivity index (χ0n) is 9.91. The Labute approximate surface area is 96.8 Å². The van der Waals surface area contributed by atoms with Crippen LogP contribution in [-0.2, 0) is 0 Å². The van der Waals surface area contributed by atoms with Crippen LogP contribution < -0.4 is 5.32 Å². The van der Waals surface area contributed by atoms with Gasteiger partial charge in [0.2, 0.25) is 0 Å². The first-order valence-corrected chi connectivity index (χ1v) is 6.23. The molecule has 0 aliphatic carbocycles. The fourth-order valence-electron chi connectivity index (χ4n) is 2.39. The highest BCUT2D eigenvalue weighted by Gasteiger charge is 2.19. The number of nitrogens with one attached hydrogen (secondary N) is 1. The molecule has 0 bridgehead atoms. The second-order valence-corrected chi connectivity index (χ2v) is 4.46. The van der Waals surface area contributed by atoms with Crippen molar-refractivity contribution in [3.63, 3.8) is 0 Å². The van der Waals surface area contributed by atoms with E-state index in [1.165, 1.54) is 0 Å². The Bertz CT molecular complexity index is 351.